The lowest BCUT2D eigenvalue weighted by Crippen LogP contribution is -2.34. The van der Waals surface area contributed by atoms with Gasteiger partial charge in [0.2, 0.25) is 0 Å². The van der Waals surface area contributed by atoms with Crippen LogP contribution in [0, 0.1) is 0 Å². The van der Waals surface area contributed by atoms with Gasteiger partial charge in [-0.15, -0.1) is 0 Å². The minimum atomic E-state index is -0.510. The fourth-order valence-corrected chi connectivity index (χ4v) is 0.721. The highest BCUT2D eigenvalue weighted by Gasteiger charge is 2.15. The number of rotatable bonds is 5. The summed E-state index contributed by atoms with van der Waals surface area (Å²) in [5, 5.41) is 0. The SMILES string of the molecule is CC[C@@H](N)C(=O)OC(C)COC. The van der Waals surface area contributed by atoms with Gasteiger partial charge in [-0.25, -0.2) is 0 Å². The Hall–Kier alpha value is -0.610. The van der Waals surface area contributed by atoms with Gasteiger partial charge in [-0.1, -0.05) is 6.92 Å². The van der Waals surface area contributed by atoms with Gasteiger partial charge in [0.15, 0.2) is 0 Å². The molecule has 0 saturated heterocycles. The lowest BCUT2D eigenvalue weighted by Gasteiger charge is -2.14. The Morgan fingerprint density at radius 2 is 2.17 bits per heavy atom. The minimum Gasteiger partial charge on any atom is -0.459 e. The monoisotopic (exact) mass is 175 g/mol. The van der Waals surface area contributed by atoms with Gasteiger partial charge in [-0.3, -0.25) is 4.79 Å². The first-order valence-electron chi connectivity index (χ1n) is 4.06. The molecule has 0 aromatic heterocycles. The van der Waals surface area contributed by atoms with Crippen LogP contribution in [0.25, 0.3) is 0 Å². The van der Waals surface area contributed by atoms with Crippen molar-refractivity contribution in [3.8, 4) is 0 Å². The predicted molar refractivity (Wildman–Crippen MR) is 45.7 cm³/mol. The second-order valence-electron chi connectivity index (χ2n) is 2.72. The van der Waals surface area contributed by atoms with E-state index < -0.39 is 6.04 Å². The van der Waals surface area contributed by atoms with E-state index >= 15 is 0 Å². The summed E-state index contributed by atoms with van der Waals surface area (Å²) in [7, 11) is 1.56. The third-order valence-electron chi connectivity index (χ3n) is 1.46. The topological polar surface area (TPSA) is 61.6 Å². The van der Waals surface area contributed by atoms with Crippen molar-refractivity contribution < 1.29 is 14.3 Å². The smallest absolute Gasteiger partial charge is 0.323 e. The minimum absolute atomic E-state index is 0.222. The molecule has 0 spiro atoms. The first kappa shape index (κ1) is 11.4. The zero-order chi connectivity index (χ0) is 9.56. The van der Waals surface area contributed by atoms with Crippen LogP contribution in [-0.2, 0) is 14.3 Å². The zero-order valence-electron chi connectivity index (χ0n) is 7.87. The van der Waals surface area contributed by atoms with Crippen LogP contribution in [-0.4, -0.2) is 31.8 Å². The van der Waals surface area contributed by atoms with Crippen molar-refractivity contribution in [1.29, 1.82) is 0 Å². The Balaban J connectivity index is 3.67. The van der Waals surface area contributed by atoms with Gasteiger partial charge in [-0.2, -0.15) is 0 Å². The van der Waals surface area contributed by atoms with Crippen LogP contribution < -0.4 is 5.73 Å². The molecule has 0 rings (SSSR count). The van der Waals surface area contributed by atoms with Gasteiger partial charge in [0.05, 0.1) is 6.61 Å². The molecule has 72 valence electrons. The largest absolute Gasteiger partial charge is 0.459 e. The van der Waals surface area contributed by atoms with Crippen molar-refractivity contribution in [3.05, 3.63) is 0 Å². The standard InChI is InChI=1S/C8H17NO3/c1-4-7(9)8(10)12-6(2)5-11-3/h6-7H,4-5,9H2,1-3H3/t6?,7-/m1/s1. The predicted octanol–water partition coefficient (Wildman–Crippen LogP) is 0.302. The van der Waals surface area contributed by atoms with Crippen LogP contribution in [0.3, 0.4) is 0 Å². The highest BCUT2D eigenvalue weighted by molar-refractivity contribution is 5.75. The molecular formula is C8H17NO3. The van der Waals surface area contributed by atoms with E-state index in [0.29, 0.717) is 13.0 Å². The second-order valence-corrected chi connectivity index (χ2v) is 2.72. The second kappa shape index (κ2) is 5.97. The quantitative estimate of drug-likeness (QED) is 0.610. The van der Waals surface area contributed by atoms with Crippen molar-refractivity contribution in [3.63, 3.8) is 0 Å². The first-order chi connectivity index (χ1) is 5.61. The van der Waals surface area contributed by atoms with E-state index in [4.69, 9.17) is 15.2 Å². The summed E-state index contributed by atoms with van der Waals surface area (Å²) in [6.45, 7) is 4.01. The molecule has 0 amide bonds. The highest BCUT2D eigenvalue weighted by Crippen LogP contribution is 1.96. The van der Waals surface area contributed by atoms with Crippen molar-refractivity contribution in [2.45, 2.75) is 32.4 Å². The molecule has 0 saturated carbocycles. The van der Waals surface area contributed by atoms with E-state index in [-0.39, 0.29) is 12.1 Å². The third kappa shape index (κ3) is 4.31. The van der Waals surface area contributed by atoms with Crippen LogP contribution in [0.15, 0.2) is 0 Å². The van der Waals surface area contributed by atoms with Gasteiger partial charge in [0, 0.05) is 7.11 Å². The molecule has 2 N–H and O–H groups in total. The van der Waals surface area contributed by atoms with Gasteiger partial charge in [0.1, 0.15) is 12.1 Å². The molecule has 1 unspecified atom stereocenters. The Morgan fingerprint density at radius 3 is 2.58 bits per heavy atom. The fraction of sp³-hybridized carbons (Fsp3) is 0.875. The molecule has 0 aliphatic rings. The molecule has 0 aromatic carbocycles. The maximum Gasteiger partial charge on any atom is 0.323 e. The molecule has 0 radical (unpaired) electrons. The molecule has 12 heavy (non-hydrogen) atoms. The van der Waals surface area contributed by atoms with E-state index in [0.717, 1.165) is 0 Å². The number of hydrogen-bond acceptors (Lipinski definition) is 4. The molecule has 0 aliphatic carbocycles. The van der Waals surface area contributed by atoms with E-state index in [9.17, 15) is 4.79 Å². The van der Waals surface area contributed by atoms with Crippen molar-refractivity contribution in [1.82, 2.24) is 0 Å². The normalized spacial score (nSPS) is 15.3. The summed E-state index contributed by atoms with van der Waals surface area (Å²) in [5.41, 5.74) is 5.45. The van der Waals surface area contributed by atoms with Crippen LogP contribution in [0.2, 0.25) is 0 Å². The molecular weight excluding hydrogens is 158 g/mol. The van der Waals surface area contributed by atoms with E-state index in [1.54, 1.807) is 14.0 Å². The fourth-order valence-electron chi connectivity index (χ4n) is 0.721. The molecule has 2 atom stereocenters. The summed E-state index contributed by atoms with van der Waals surface area (Å²) < 4.78 is 9.75. The number of carbonyl (C=O) groups is 1. The number of hydrogen-bond donors (Lipinski definition) is 1. The van der Waals surface area contributed by atoms with Crippen LogP contribution in [0.5, 0.6) is 0 Å². The van der Waals surface area contributed by atoms with Crippen LogP contribution in [0.4, 0.5) is 0 Å². The Kier molecular flexibility index (Phi) is 5.66. The van der Waals surface area contributed by atoms with Crippen molar-refractivity contribution in [2.75, 3.05) is 13.7 Å². The Bertz CT molecular complexity index is 138. The van der Waals surface area contributed by atoms with Crippen LogP contribution >= 0.6 is 0 Å². The Morgan fingerprint density at radius 1 is 1.58 bits per heavy atom. The van der Waals surface area contributed by atoms with Crippen molar-refractivity contribution in [2.24, 2.45) is 5.73 Å². The lowest BCUT2D eigenvalue weighted by atomic mass is 10.2. The molecule has 4 heteroatoms. The summed E-state index contributed by atoms with van der Waals surface area (Å²) in [6, 6.07) is -0.510. The average molecular weight is 175 g/mol. The maximum absolute atomic E-state index is 11.1. The van der Waals surface area contributed by atoms with Gasteiger partial charge in [-0.05, 0) is 13.3 Å². The van der Waals surface area contributed by atoms with Gasteiger partial charge >= 0.3 is 5.97 Å². The van der Waals surface area contributed by atoms with Crippen LogP contribution in [0.1, 0.15) is 20.3 Å². The number of methoxy groups -OCH3 is 1. The molecule has 0 fully saturated rings. The summed E-state index contributed by atoms with van der Waals surface area (Å²) in [5.74, 6) is -0.359. The number of nitrogens with two attached hydrogens (primary N) is 1. The molecule has 0 heterocycles. The molecule has 0 bridgehead atoms. The van der Waals surface area contributed by atoms with E-state index in [1.807, 2.05) is 6.92 Å². The summed E-state index contributed by atoms with van der Waals surface area (Å²) >= 11 is 0. The first-order valence-corrected chi connectivity index (χ1v) is 4.06. The maximum atomic E-state index is 11.1. The van der Waals surface area contributed by atoms with E-state index in [1.165, 1.54) is 0 Å². The highest BCUT2D eigenvalue weighted by atomic mass is 16.6. The number of ether oxygens (including phenoxy) is 2. The number of carbonyl (C=O) groups excluding carboxylic acids is 1. The van der Waals surface area contributed by atoms with Gasteiger partial charge < -0.3 is 15.2 Å². The van der Waals surface area contributed by atoms with E-state index in [2.05, 4.69) is 0 Å². The van der Waals surface area contributed by atoms with Gasteiger partial charge in [0.25, 0.3) is 0 Å². The summed E-state index contributed by atoms with van der Waals surface area (Å²) in [6.07, 6.45) is 0.374. The molecule has 0 aliphatic heterocycles. The molecule has 0 aromatic rings. The molecule has 4 nitrogen and oxygen atoms in total. The Labute approximate surface area is 73.0 Å². The summed E-state index contributed by atoms with van der Waals surface area (Å²) in [4.78, 5) is 11.1. The van der Waals surface area contributed by atoms with Crippen molar-refractivity contribution >= 4 is 5.97 Å². The number of esters is 1. The third-order valence-corrected chi connectivity index (χ3v) is 1.46. The zero-order valence-corrected chi connectivity index (χ0v) is 7.87. The average Bonchev–Trinajstić information content (AvgIpc) is 2.03. The lowest BCUT2D eigenvalue weighted by molar-refractivity contribution is -0.152.